The lowest BCUT2D eigenvalue weighted by atomic mass is 9.78. The molecule has 2 fully saturated rings. The molecule has 2 aromatic rings. The van der Waals surface area contributed by atoms with Crippen molar-refractivity contribution in [1.82, 2.24) is 0 Å². The van der Waals surface area contributed by atoms with Crippen molar-refractivity contribution in [3.05, 3.63) is 53.6 Å². The summed E-state index contributed by atoms with van der Waals surface area (Å²) in [5.41, 5.74) is 0.870. The lowest BCUT2D eigenvalue weighted by Crippen LogP contribution is -2.40. The maximum absolute atomic E-state index is 14.2. The number of benzene rings is 2. The van der Waals surface area contributed by atoms with E-state index in [1.54, 1.807) is 6.07 Å². The average molecular weight is 514 g/mol. The molecule has 0 aliphatic heterocycles. The fourth-order valence-electron chi connectivity index (χ4n) is 5.89. The number of amides is 2. The number of carboxylic acids is 1. The third-order valence-electron chi connectivity index (χ3n) is 7.73. The maximum atomic E-state index is 14.2. The van der Waals surface area contributed by atoms with Gasteiger partial charge in [-0.1, -0.05) is 52.0 Å². The van der Waals surface area contributed by atoms with Crippen molar-refractivity contribution in [3.63, 3.8) is 0 Å². The van der Waals surface area contributed by atoms with Gasteiger partial charge in [0.25, 0.3) is 0 Å². The molecule has 6 nitrogen and oxygen atoms in total. The monoisotopic (exact) mass is 513 g/mol. The zero-order valence-corrected chi connectivity index (χ0v) is 21.7. The number of aliphatic carboxylic acids is 1. The minimum absolute atomic E-state index is 0.138. The first-order valence-corrected chi connectivity index (χ1v) is 13.4. The van der Waals surface area contributed by atoms with Gasteiger partial charge in [-0.15, -0.1) is 0 Å². The topological polar surface area (TPSA) is 81.7 Å². The molecule has 2 aliphatic carbocycles. The van der Waals surface area contributed by atoms with Crippen LogP contribution in [0.25, 0.3) is 0 Å². The molecule has 0 aromatic heterocycles. The van der Waals surface area contributed by atoms with Crippen LogP contribution in [0.4, 0.5) is 30.6 Å². The van der Waals surface area contributed by atoms with Gasteiger partial charge in [-0.2, -0.15) is 0 Å². The molecule has 2 saturated carbocycles. The van der Waals surface area contributed by atoms with Crippen molar-refractivity contribution in [2.45, 2.75) is 83.1 Å². The Bertz CT molecular complexity index is 1130. The molecule has 0 heterocycles. The van der Waals surface area contributed by atoms with Gasteiger partial charge >= 0.3 is 12.0 Å². The van der Waals surface area contributed by atoms with Gasteiger partial charge in [0.15, 0.2) is 0 Å². The molecule has 0 unspecified atom stereocenters. The Kier molecular flexibility index (Phi) is 8.35. The summed E-state index contributed by atoms with van der Waals surface area (Å²) in [5.74, 6) is -2.08. The molecule has 0 spiro atoms. The summed E-state index contributed by atoms with van der Waals surface area (Å²) < 4.78 is 27.5. The van der Waals surface area contributed by atoms with Crippen LogP contribution in [0.3, 0.4) is 0 Å². The first-order chi connectivity index (χ1) is 17.7. The summed E-state index contributed by atoms with van der Waals surface area (Å²) in [6.07, 6.45) is 8.38. The standard InChI is InChI=1S/C29H37F2N3O3/c1-19(2)18-34(22-8-4-3-5-9-22)26-13-10-20(29(27(35)36)14-6-7-15-29)16-25(26)33-28(37)32-24-12-11-21(30)17-23(24)31/h10-13,16-17,19,22H,3-9,14-15,18H2,1-2H3,(H,35,36)(H2,32,33,37). The maximum Gasteiger partial charge on any atom is 0.323 e. The van der Waals surface area contributed by atoms with Gasteiger partial charge in [-0.3, -0.25) is 4.79 Å². The number of hydrogen-bond acceptors (Lipinski definition) is 3. The number of carbonyl (C=O) groups excluding carboxylic acids is 1. The second-order valence-electron chi connectivity index (χ2n) is 10.9. The van der Waals surface area contributed by atoms with Crippen LogP contribution in [0, 0.1) is 17.6 Å². The lowest BCUT2D eigenvalue weighted by molar-refractivity contribution is -0.143. The minimum atomic E-state index is -0.984. The fraction of sp³-hybridized carbons (Fsp3) is 0.517. The molecule has 0 radical (unpaired) electrons. The molecule has 0 bridgehead atoms. The summed E-state index contributed by atoms with van der Waals surface area (Å²) in [7, 11) is 0. The summed E-state index contributed by atoms with van der Waals surface area (Å²) >= 11 is 0. The van der Waals surface area contributed by atoms with Gasteiger partial charge in [0.1, 0.15) is 11.6 Å². The Hall–Kier alpha value is -3.16. The van der Waals surface area contributed by atoms with E-state index < -0.39 is 29.0 Å². The molecule has 0 atom stereocenters. The lowest BCUT2D eigenvalue weighted by Gasteiger charge is -2.39. The molecule has 3 N–H and O–H groups in total. The van der Waals surface area contributed by atoms with E-state index in [0.29, 0.717) is 42.1 Å². The van der Waals surface area contributed by atoms with E-state index in [4.69, 9.17) is 0 Å². The van der Waals surface area contributed by atoms with E-state index in [9.17, 15) is 23.5 Å². The third-order valence-corrected chi connectivity index (χ3v) is 7.73. The van der Waals surface area contributed by atoms with E-state index in [1.807, 2.05) is 12.1 Å². The summed E-state index contributed by atoms with van der Waals surface area (Å²) in [4.78, 5) is 27.8. The molecule has 2 amide bonds. The molecule has 0 saturated heterocycles. The molecular weight excluding hydrogens is 476 g/mol. The molecule has 2 aliphatic rings. The number of halogens is 2. The van der Waals surface area contributed by atoms with Crippen LogP contribution in [0.5, 0.6) is 0 Å². The van der Waals surface area contributed by atoms with Crippen molar-refractivity contribution < 1.29 is 23.5 Å². The number of rotatable bonds is 8. The average Bonchev–Trinajstić information content (AvgIpc) is 3.37. The molecule has 2 aromatic carbocycles. The Morgan fingerprint density at radius 1 is 0.973 bits per heavy atom. The van der Waals surface area contributed by atoms with Crippen molar-refractivity contribution in [2.75, 3.05) is 22.1 Å². The van der Waals surface area contributed by atoms with Crippen LogP contribution in [0.15, 0.2) is 36.4 Å². The number of carbonyl (C=O) groups is 2. The van der Waals surface area contributed by atoms with Crippen molar-refractivity contribution in [2.24, 2.45) is 5.92 Å². The van der Waals surface area contributed by atoms with E-state index in [1.165, 1.54) is 12.5 Å². The van der Waals surface area contributed by atoms with E-state index >= 15 is 0 Å². The minimum Gasteiger partial charge on any atom is -0.481 e. The van der Waals surface area contributed by atoms with E-state index in [-0.39, 0.29) is 5.69 Å². The van der Waals surface area contributed by atoms with Crippen LogP contribution >= 0.6 is 0 Å². The highest BCUT2D eigenvalue weighted by molar-refractivity contribution is 6.02. The number of carboxylic acid groups (broad SMARTS) is 1. The largest absolute Gasteiger partial charge is 0.481 e. The Balaban J connectivity index is 1.72. The molecule has 37 heavy (non-hydrogen) atoms. The second kappa shape index (κ2) is 11.5. The molecule has 200 valence electrons. The van der Waals surface area contributed by atoms with E-state index in [2.05, 4.69) is 29.4 Å². The van der Waals surface area contributed by atoms with Gasteiger partial charge < -0.3 is 20.6 Å². The highest BCUT2D eigenvalue weighted by Crippen LogP contribution is 2.44. The van der Waals surface area contributed by atoms with Gasteiger partial charge in [-0.25, -0.2) is 13.6 Å². The molecule has 8 heteroatoms. The number of hydrogen-bond donors (Lipinski definition) is 3. The normalized spacial score (nSPS) is 17.5. The predicted molar refractivity (Wildman–Crippen MR) is 142 cm³/mol. The first-order valence-electron chi connectivity index (χ1n) is 13.4. The highest BCUT2D eigenvalue weighted by atomic mass is 19.1. The fourth-order valence-corrected chi connectivity index (χ4v) is 5.89. The van der Waals surface area contributed by atoms with Crippen molar-refractivity contribution >= 4 is 29.1 Å². The quantitative estimate of drug-likeness (QED) is 0.346. The number of anilines is 3. The van der Waals surface area contributed by atoms with Gasteiger partial charge in [0.2, 0.25) is 0 Å². The summed E-state index contributed by atoms with van der Waals surface area (Å²) in [5, 5.41) is 15.5. The number of nitrogens with one attached hydrogen (secondary N) is 2. The number of nitrogens with zero attached hydrogens (tertiary/aromatic N) is 1. The zero-order valence-electron chi connectivity index (χ0n) is 21.7. The summed E-state index contributed by atoms with van der Waals surface area (Å²) in [6.45, 7) is 5.09. The van der Waals surface area contributed by atoms with Crippen LogP contribution in [0.1, 0.15) is 77.2 Å². The molecular formula is C29H37F2N3O3. The van der Waals surface area contributed by atoms with Gasteiger partial charge in [0.05, 0.1) is 22.5 Å². The zero-order chi connectivity index (χ0) is 26.6. The Labute approximate surface area is 217 Å². The molecule has 4 rings (SSSR count). The van der Waals surface area contributed by atoms with Crippen LogP contribution in [-0.4, -0.2) is 29.7 Å². The summed E-state index contributed by atoms with van der Waals surface area (Å²) in [6, 6.07) is 8.23. The SMILES string of the molecule is CC(C)CN(c1ccc(C2(C(=O)O)CCCC2)cc1NC(=O)Nc1ccc(F)cc1F)C1CCCCC1. The second-order valence-corrected chi connectivity index (χ2v) is 10.9. The predicted octanol–water partition coefficient (Wildman–Crippen LogP) is 7.30. The van der Waals surface area contributed by atoms with Gasteiger partial charge in [-0.05, 0) is 61.4 Å². The Morgan fingerprint density at radius 3 is 2.27 bits per heavy atom. The van der Waals surface area contributed by atoms with Crippen molar-refractivity contribution in [3.8, 4) is 0 Å². The van der Waals surface area contributed by atoms with E-state index in [0.717, 1.165) is 56.8 Å². The first kappa shape index (κ1) is 26.9. The van der Waals surface area contributed by atoms with Gasteiger partial charge in [0, 0.05) is 18.7 Å². The smallest absolute Gasteiger partial charge is 0.323 e. The van der Waals surface area contributed by atoms with Crippen LogP contribution in [-0.2, 0) is 10.2 Å². The van der Waals surface area contributed by atoms with Crippen LogP contribution in [0.2, 0.25) is 0 Å². The van der Waals surface area contributed by atoms with Crippen LogP contribution < -0.4 is 15.5 Å². The van der Waals surface area contributed by atoms with Crippen molar-refractivity contribution in [1.29, 1.82) is 0 Å². The Morgan fingerprint density at radius 2 is 1.65 bits per heavy atom. The highest BCUT2D eigenvalue weighted by Gasteiger charge is 2.43. The number of urea groups is 1. The third kappa shape index (κ3) is 6.05.